The number of benzene rings is 2. The lowest BCUT2D eigenvalue weighted by molar-refractivity contribution is -0.384. The third kappa shape index (κ3) is 5.20. The van der Waals surface area contributed by atoms with Gasteiger partial charge in [-0.25, -0.2) is 0 Å². The molecule has 0 atom stereocenters. The molecular formula is C23H22ClN5O4. The molecule has 2 heterocycles. The van der Waals surface area contributed by atoms with Crippen molar-refractivity contribution in [2.75, 3.05) is 30.4 Å². The number of piperidine rings is 1. The van der Waals surface area contributed by atoms with Crippen molar-refractivity contribution in [1.29, 1.82) is 0 Å². The summed E-state index contributed by atoms with van der Waals surface area (Å²) >= 11 is 5.83. The molecule has 0 bridgehead atoms. The average molecular weight is 468 g/mol. The fourth-order valence-electron chi connectivity index (χ4n) is 3.76. The minimum Gasteiger partial charge on any atom is -0.497 e. The highest BCUT2D eigenvalue weighted by Crippen LogP contribution is 2.29. The van der Waals surface area contributed by atoms with Crippen molar-refractivity contribution in [3.8, 4) is 17.0 Å². The minimum absolute atomic E-state index is 0.0328. The molecule has 1 aromatic heterocycles. The molecule has 1 saturated heterocycles. The first-order valence-corrected chi connectivity index (χ1v) is 10.8. The maximum Gasteiger partial charge on any atom is 0.289 e. The SMILES string of the molecule is COc1ccc(-c2ccc(N3CCC(C(=O)Nc4ccc(Cl)c([N+](=O)[O-])c4)CC3)nn2)cc1. The third-order valence-corrected chi connectivity index (χ3v) is 5.96. The summed E-state index contributed by atoms with van der Waals surface area (Å²) in [5.41, 5.74) is 1.85. The van der Waals surface area contributed by atoms with Gasteiger partial charge >= 0.3 is 0 Å². The fraction of sp³-hybridized carbons (Fsp3) is 0.261. The summed E-state index contributed by atoms with van der Waals surface area (Å²) in [5.74, 6) is 1.19. The lowest BCUT2D eigenvalue weighted by Gasteiger charge is -2.31. The monoisotopic (exact) mass is 467 g/mol. The largest absolute Gasteiger partial charge is 0.497 e. The molecule has 3 aromatic rings. The molecule has 2 aromatic carbocycles. The molecule has 1 fully saturated rings. The molecule has 10 heteroatoms. The Balaban J connectivity index is 1.34. The van der Waals surface area contributed by atoms with Gasteiger partial charge in [-0.2, -0.15) is 0 Å². The van der Waals surface area contributed by atoms with Crippen molar-refractivity contribution in [3.63, 3.8) is 0 Å². The topological polar surface area (TPSA) is 110 Å². The molecule has 0 radical (unpaired) electrons. The zero-order valence-corrected chi connectivity index (χ0v) is 18.7. The summed E-state index contributed by atoms with van der Waals surface area (Å²) in [5, 5.41) is 22.5. The number of nitro groups is 1. The number of hydrogen-bond acceptors (Lipinski definition) is 7. The number of ether oxygens (including phenoxy) is 1. The summed E-state index contributed by atoms with van der Waals surface area (Å²) in [6, 6.07) is 15.7. The maximum atomic E-state index is 12.7. The quantitative estimate of drug-likeness (QED) is 0.417. The van der Waals surface area contributed by atoms with Gasteiger partial charge in [0.05, 0.1) is 17.7 Å². The molecule has 0 saturated carbocycles. The second-order valence-electron chi connectivity index (χ2n) is 7.68. The van der Waals surface area contributed by atoms with Crippen LogP contribution in [-0.2, 0) is 4.79 Å². The van der Waals surface area contributed by atoms with Gasteiger partial charge in [0.15, 0.2) is 5.82 Å². The summed E-state index contributed by atoms with van der Waals surface area (Å²) in [4.78, 5) is 25.2. The molecule has 9 nitrogen and oxygen atoms in total. The van der Waals surface area contributed by atoms with Crippen LogP contribution in [0.5, 0.6) is 5.75 Å². The zero-order chi connectivity index (χ0) is 23.4. The van der Waals surface area contributed by atoms with Gasteiger partial charge in [0.2, 0.25) is 5.91 Å². The molecule has 0 unspecified atom stereocenters. The first kappa shape index (κ1) is 22.5. The smallest absolute Gasteiger partial charge is 0.289 e. The van der Waals surface area contributed by atoms with Gasteiger partial charge in [-0.15, -0.1) is 10.2 Å². The van der Waals surface area contributed by atoms with E-state index in [0.29, 0.717) is 31.6 Å². The van der Waals surface area contributed by atoms with E-state index < -0.39 is 4.92 Å². The Bertz CT molecular complexity index is 1150. The highest BCUT2D eigenvalue weighted by Gasteiger charge is 2.26. The van der Waals surface area contributed by atoms with Crippen LogP contribution in [0, 0.1) is 16.0 Å². The van der Waals surface area contributed by atoms with E-state index in [4.69, 9.17) is 16.3 Å². The van der Waals surface area contributed by atoms with E-state index in [9.17, 15) is 14.9 Å². The van der Waals surface area contributed by atoms with E-state index in [0.717, 1.165) is 22.8 Å². The second-order valence-corrected chi connectivity index (χ2v) is 8.09. The molecular weight excluding hydrogens is 446 g/mol. The van der Waals surface area contributed by atoms with E-state index in [1.54, 1.807) is 13.2 Å². The van der Waals surface area contributed by atoms with Crippen LogP contribution in [0.15, 0.2) is 54.6 Å². The molecule has 1 aliphatic heterocycles. The van der Waals surface area contributed by atoms with Crippen LogP contribution in [0.4, 0.5) is 17.2 Å². The second kappa shape index (κ2) is 9.83. The summed E-state index contributed by atoms with van der Waals surface area (Å²) in [6.07, 6.45) is 1.28. The molecule has 0 aliphatic carbocycles. The maximum absolute atomic E-state index is 12.7. The van der Waals surface area contributed by atoms with E-state index >= 15 is 0 Å². The van der Waals surface area contributed by atoms with Gasteiger partial charge in [0, 0.05) is 36.3 Å². The normalized spacial score (nSPS) is 14.1. The predicted molar refractivity (Wildman–Crippen MR) is 126 cm³/mol. The average Bonchev–Trinajstić information content (AvgIpc) is 2.85. The zero-order valence-electron chi connectivity index (χ0n) is 17.9. The summed E-state index contributed by atoms with van der Waals surface area (Å²) in [6.45, 7) is 1.32. The van der Waals surface area contributed by atoms with Crippen LogP contribution in [0.2, 0.25) is 5.02 Å². The molecule has 170 valence electrons. The van der Waals surface area contributed by atoms with Crippen LogP contribution < -0.4 is 15.0 Å². The van der Waals surface area contributed by atoms with E-state index in [1.165, 1.54) is 12.1 Å². The predicted octanol–water partition coefficient (Wildman–Crippen LogP) is 4.57. The van der Waals surface area contributed by atoms with Gasteiger partial charge in [-0.1, -0.05) is 11.6 Å². The number of halogens is 1. The van der Waals surface area contributed by atoms with Crippen molar-refractivity contribution >= 4 is 34.7 Å². The van der Waals surface area contributed by atoms with Crippen molar-refractivity contribution in [2.45, 2.75) is 12.8 Å². The highest BCUT2D eigenvalue weighted by molar-refractivity contribution is 6.32. The lowest BCUT2D eigenvalue weighted by atomic mass is 9.95. The first-order valence-electron chi connectivity index (χ1n) is 10.4. The Morgan fingerprint density at radius 3 is 2.45 bits per heavy atom. The van der Waals surface area contributed by atoms with Crippen molar-refractivity contribution in [1.82, 2.24) is 10.2 Å². The van der Waals surface area contributed by atoms with E-state index in [1.807, 2.05) is 36.4 Å². The van der Waals surface area contributed by atoms with Crippen molar-refractivity contribution < 1.29 is 14.5 Å². The molecule has 1 aliphatic rings. The van der Waals surface area contributed by atoms with Gasteiger partial charge in [-0.05, 0) is 61.4 Å². The van der Waals surface area contributed by atoms with Gasteiger partial charge in [-0.3, -0.25) is 14.9 Å². The minimum atomic E-state index is -0.572. The Labute approximate surface area is 195 Å². The number of amides is 1. The van der Waals surface area contributed by atoms with E-state index in [-0.39, 0.29) is 22.5 Å². The Hall–Kier alpha value is -3.72. The van der Waals surface area contributed by atoms with Gasteiger partial charge in [0.25, 0.3) is 5.69 Å². The lowest BCUT2D eigenvalue weighted by Crippen LogP contribution is -2.38. The van der Waals surface area contributed by atoms with Crippen LogP contribution in [0.25, 0.3) is 11.3 Å². The molecule has 0 spiro atoms. The van der Waals surface area contributed by atoms with Gasteiger partial charge in [0.1, 0.15) is 10.8 Å². The molecule has 4 rings (SSSR count). The summed E-state index contributed by atoms with van der Waals surface area (Å²) < 4.78 is 5.18. The number of aromatic nitrogens is 2. The number of anilines is 2. The number of rotatable bonds is 6. The molecule has 33 heavy (non-hydrogen) atoms. The Morgan fingerprint density at radius 2 is 1.85 bits per heavy atom. The van der Waals surface area contributed by atoms with Crippen LogP contribution >= 0.6 is 11.6 Å². The standard InChI is InChI=1S/C23H22ClN5O4/c1-33-18-5-2-15(3-6-18)20-8-9-22(27-26-20)28-12-10-16(11-13-28)23(30)25-17-4-7-19(24)21(14-17)29(31)32/h2-9,14,16H,10-13H2,1H3,(H,25,30). The van der Waals surface area contributed by atoms with Crippen LogP contribution in [-0.4, -0.2) is 41.2 Å². The van der Waals surface area contributed by atoms with Crippen LogP contribution in [0.1, 0.15) is 12.8 Å². The number of methoxy groups -OCH3 is 1. The Morgan fingerprint density at radius 1 is 1.12 bits per heavy atom. The number of carbonyl (C=O) groups is 1. The van der Waals surface area contributed by atoms with Gasteiger partial charge < -0.3 is 15.0 Å². The van der Waals surface area contributed by atoms with Crippen molar-refractivity contribution in [2.24, 2.45) is 5.92 Å². The highest BCUT2D eigenvalue weighted by atomic mass is 35.5. The van der Waals surface area contributed by atoms with Crippen LogP contribution in [0.3, 0.4) is 0 Å². The third-order valence-electron chi connectivity index (χ3n) is 5.64. The molecule has 1 amide bonds. The number of nitrogens with zero attached hydrogens (tertiary/aromatic N) is 4. The number of carbonyl (C=O) groups excluding carboxylic acids is 1. The number of nitrogens with one attached hydrogen (secondary N) is 1. The summed E-state index contributed by atoms with van der Waals surface area (Å²) in [7, 11) is 1.63. The first-order chi connectivity index (χ1) is 15.9. The van der Waals surface area contributed by atoms with Crippen molar-refractivity contribution in [3.05, 3.63) is 69.7 Å². The fourth-order valence-corrected chi connectivity index (χ4v) is 3.94. The Kier molecular flexibility index (Phi) is 6.69. The van der Waals surface area contributed by atoms with E-state index in [2.05, 4.69) is 20.4 Å². The molecule has 1 N–H and O–H groups in total. The number of nitro benzene ring substituents is 1. The number of hydrogen-bond donors (Lipinski definition) is 1.